The number of rotatable bonds is 2. The zero-order chi connectivity index (χ0) is 10.1. The van der Waals surface area contributed by atoms with Crippen molar-refractivity contribution in [1.29, 1.82) is 0 Å². The van der Waals surface area contributed by atoms with Gasteiger partial charge in [0.2, 0.25) is 0 Å². The minimum absolute atomic E-state index is 0. The molecule has 1 saturated heterocycles. The standard InChI is InChI=1S/C12H15N3.2ClH/c1-3-10(13-5-1)7-9-8-15-12-11(9)4-2-6-14-12;;/h2,4,6,8,10,13H,1,3,5,7H2,(H,14,15);2*1H/t10-;;/m0../s1. The van der Waals surface area contributed by atoms with E-state index in [9.17, 15) is 0 Å². The Morgan fingerprint density at radius 2 is 2.24 bits per heavy atom. The number of H-pyrrole nitrogens is 1. The predicted octanol–water partition coefficient (Wildman–Crippen LogP) is 2.70. The Morgan fingerprint density at radius 3 is 3.00 bits per heavy atom. The first-order valence-electron chi connectivity index (χ1n) is 5.58. The molecule has 1 atom stereocenters. The van der Waals surface area contributed by atoms with Gasteiger partial charge in [0.25, 0.3) is 0 Å². The zero-order valence-corrected chi connectivity index (χ0v) is 11.1. The van der Waals surface area contributed by atoms with Gasteiger partial charge in [-0.3, -0.25) is 0 Å². The monoisotopic (exact) mass is 273 g/mol. The van der Waals surface area contributed by atoms with Gasteiger partial charge in [-0.25, -0.2) is 4.98 Å². The molecule has 0 spiro atoms. The van der Waals surface area contributed by atoms with E-state index in [-0.39, 0.29) is 24.8 Å². The Hall–Kier alpha value is -0.770. The van der Waals surface area contributed by atoms with Crippen LogP contribution in [0.4, 0.5) is 0 Å². The van der Waals surface area contributed by atoms with E-state index in [4.69, 9.17) is 0 Å². The fraction of sp³-hybridized carbons (Fsp3) is 0.417. The second kappa shape index (κ2) is 6.24. The maximum absolute atomic E-state index is 4.30. The highest BCUT2D eigenvalue weighted by atomic mass is 35.5. The Balaban J connectivity index is 0.000000722. The number of aromatic amines is 1. The van der Waals surface area contributed by atoms with E-state index in [0.29, 0.717) is 6.04 Å². The number of fused-ring (bicyclic) bond motifs is 1. The maximum atomic E-state index is 4.30. The first-order chi connectivity index (χ1) is 7.43. The third-order valence-corrected chi connectivity index (χ3v) is 3.17. The highest BCUT2D eigenvalue weighted by Gasteiger charge is 2.16. The van der Waals surface area contributed by atoms with Crippen molar-refractivity contribution in [3.8, 4) is 0 Å². The van der Waals surface area contributed by atoms with Crippen LogP contribution in [-0.2, 0) is 6.42 Å². The van der Waals surface area contributed by atoms with Crippen molar-refractivity contribution in [2.75, 3.05) is 6.54 Å². The van der Waals surface area contributed by atoms with E-state index in [1.807, 2.05) is 12.3 Å². The predicted molar refractivity (Wildman–Crippen MR) is 75.3 cm³/mol. The fourth-order valence-corrected chi connectivity index (χ4v) is 2.38. The van der Waals surface area contributed by atoms with Crippen molar-refractivity contribution in [3.63, 3.8) is 0 Å². The van der Waals surface area contributed by atoms with Crippen molar-refractivity contribution in [2.45, 2.75) is 25.3 Å². The molecular formula is C12H17Cl2N3. The number of hydrogen-bond donors (Lipinski definition) is 2. The van der Waals surface area contributed by atoms with E-state index in [0.717, 1.165) is 12.1 Å². The second-order valence-corrected chi connectivity index (χ2v) is 4.21. The molecule has 3 rings (SSSR count). The minimum Gasteiger partial charge on any atom is -0.346 e. The molecule has 1 fully saturated rings. The summed E-state index contributed by atoms with van der Waals surface area (Å²) in [5.41, 5.74) is 2.39. The molecule has 17 heavy (non-hydrogen) atoms. The highest BCUT2D eigenvalue weighted by Crippen LogP contribution is 2.19. The molecule has 0 saturated carbocycles. The molecule has 0 unspecified atom stereocenters. The Labute approximate surface area is 113 Å². The molecule has 0 aliphatic carbocycles. The average molecular weight is 274 g/mol. The van der Waals surface area contributed by atoms with Crippen LogP contribution in [0.5, 0.6) is 0 Å². The van der Waals surface area contributed by atoms with Crippen LogP contribution in [0.2, 0.25) is 0 Å². The van der Waals surface area contributed by atoms with Crippen LogP contribution in [0.3, 0.4) is 0 Å². The Morgan fingerprint density at radius 1 is 1.35 bits per heavy atom. The SMILES string of the molecule is Cl.Cl.c1cnc2[nH]cc(C[C@@H]3CCCN3)c2c1. The van der Waals surface area contributed by atoms with Crippen LogP contribution in [0, 0.1) is 0 Å². The summed E-state index contributed by atoms with van der Waals surface area (Å²) in [7, 11) is 0. The number of pyridine rings is 1. The third-order valence-electron chi connectivity index (χ3n) is 3.17. The van der Waals surface area contributed by atoms with Crippen molar-refractivity contribution in [2.24, 2.45) is 0 Å². The van der Waals surface area contributed by atoms with Crippen molar-refractivity contribution < 1.29 is 0 Å². The van der Waals surface area contributed by atoms with Crippen LogP contribution in [0.15, 0.2) is 24.5 Å². The Bertz CT molecular complexity index is 463. The molecular weight excluding hydrogens is 257 g/mol. The average Bonchev–Trinajstić information content (AvgIpc) is 2.89. The number of halogens is 2. The molecule has 2 aromatic rings. The lowest BCUT2D eigenvalue weighted by Crippen LogP contribution is -2.23. The summed E-state index contributed by atoms with van der Waals surface area (Å²) in [5, 5.41) is 4.79. The molecule has 0 aromatic carbocycles. The van der Waals surface area contributed by atoms with E-state index < -0.39 is 0 Å². The maximum Gasteiger partial charge on any atom is 0.137 e. The molecule has 2 N–H and O–H groups in total. The first kappa shape index (κ1) is 14.3. The lowest BCUT2D eigenvalue weighted by molar-refractivity contribution is 0.605. The summed E-state index contributed by atoms with van der Waals surface area (Å²) >= 11 is 0. The largest absolute Gasteiger partial charge is 0.346 e. The smallest absolute Gasteiger partial charge is 0.137 e. The van der Waals surface area contributed by atoms with E-state index in [2.05, 4.69) is 27.5 Å². The first-order valence-corrected chi connectivity index (χ1v) is 5.58. The van der Waals surface area contributed by atoms with E-state index in [1.54, 1.807) is 0 Å². The highest BCUT2D eigenvalue weighted by molar-refractivity contribution is 5.85. The van der Waals surface area contributed by atoms with Gasteiger partial charge in [-0.2, -0.15) is 0 Å². The van der Waals surface area contributed by atoms with Gasteiger partial charge in [0.05, 0.1) is 0 Å². The van der Waals surface area contributed by atoms with Crippen LogP contribution in [-0.4, -0.2) is 22.6 Å². The third kappa shape index (κ3) is 2.92. The molecule has 1 aliphatic heterocycles. The van der Waals surface area contributed by atoms with Gasteiger partial charge in [0, 0.05) is 23.8 Å². The number of hydrogen-bond acceptors (Lipinski definition) is 2. The van der Waals surface area contributed by atoms with E-state index >= 15 is 0 Å². The van der Waals surface area contributed by atoms with Gasteiger partial charge in [-0.15, -0.1) is 24.8 Å². The van der Waals surface area contributed by atoms with Crippen molar-refractivity contribution >= 4 is 35.8 Å². The fourth-order valence-electron chi connectivity index (χ4n) is 2.38. The molecule has 1 aliphatic rings. The minimum atomic E-state index is 0. The van der Waals surface area contributed by atoms with Gasteiger partial charge < -0.3 is 10.3 Å². The molecule has 5 heteroatoms. The summed E-state index contributed by atoms with van der Waals surface area (Å²) in [5.74, 6) is 0. The Kier molecular flexibility index (Phi) is 5.25. The second-order valence-electron chi connectivity index (χ2n) is 4.21. The zero-order valence-electron chi connectivity index (χ0n) is 9.48. The lowest BCUT2D eigenvalue weighted by atomic mass is 10.1. The molecule has 94 valence electrons. The van der Waals surface area contributed by atoms with E-state index in [1.165, 1.54) is 30.3 Å². The molecule has 0 amide bonds. The molecule has 3 heterocycles. The van der Waals surface area contributed by atoms with Crippen LogP contribution >= 0.6 is 24.8 Å². The number of aromatic nitrogens is 2. The van der Waals surface area contributed by atoms with Gasteiger partial charge in [-0.1, -0.05) is 0 Å². The summed E-state index contributed by atoms with van der Waals surface area (Å²) in [6.45, 7) is 1.17. The van der Waals surface area contributed by atoms with Gasteiger partial charge in [0.15, 0.2) is 0 Å². The quantitative estimate of drug-likeness (QED) is 0.884. The normalized spacial score (nSPS) is 18.7. The van der Waals surface area contributed by atoms with Crippen LogP contribution in [0.1, 0.15) is 18.4 Å². The molecule has 3 nitrogen and oxygen atoms in total. The summed E-state index contributed by atoms with van der Waals surface area (Å²) in [4.78, 5) is 7.52. The molecule has 0 radical (unpaired) electrons. The van der Waals surface area contributed by atoms with Crippen molar-refractivity contribution in [3.05, 3.63) is 30.1 Å². The van der Waals surface area contributed by atoms with Crippen molar-refractivity contribution in [1.82, 2.24) is 15.3 Å². The van der Waals surface area contributed by atoms with Gasteiger partial charge in [0.1, 0.15) is 5.65 Å². The molecule has 2 aromatic heterocycles. The van der Waals surface area contributed by atoms with Gasteiger partial charge >= 0.3 is 0 Å². The summed E-state index contributed by atoms with van der Waals surface area (Å²) in [6.07, 6.45) is 7.65. The van der Waals surface area contributed by atoms with Crippen LogP contribution in [0.25, 0.3) is 11.0 Å². The summed E-state index contributed by atoms with van der Waals surface area (Å²) in [6, 6.07) is 4.80. The topological polar surface area (TPSA) is 40.7 Å². The van der Waals surface area contributed by atoms with Gasteiger partial charge in [-0.05, 0) is 43.5 Å². The summed E-state index contributed by atoms with van der Waals surface area (Å²) < 4.78 is 0. The number of nitrogens with zero attached hydrogens (tertiary/aromatic N) is 1. The number of nitrogens with one attached hydrogen (secondary N) is 2. The molecule has 0 bridgehead atoms. The lowest BCUT2D eigenvalue weighted by Gasteiger charge is -2.08. The van der Waals surface area contributed by atoms with Crippen LogP contribution < -0.4 is 5.32 Å².